The minimum Gasteiger partial charge on any atom is -0.493 e. The molecule has 0 aliphatic heterocycles. The second kappa shape index (κ2) is 7.04. The van der Waals surface area contributed by atoms with Gasteiger partial charge in [-0.1, -0.05) is 11.8 Å². The molecule has 0 spiro atoms. The van der Waals surface area contributed by atoms with E-state index in [0.717, 1.165) is 9.79 Å². The number of nitro benzene ring substituents is 1. The Bertz CT molecular complexity index is 647. The first-order valence-electron chi connectivity index (χ1n) is 6.31. The van der Waals surface area contributed by atoms with Gasteiger partial charge < -0.3 is 14.2 Å². The van der Waals surface area contributed by atoms with Crippen LogP contribution in [0.5, 0.6) is 17.2 Å². The van der Waals surface area contributed by atoms with E-state index in [1.165, 1.54) is 23.9 Å². The van der Waals surface area contributed by atoms with Crippen molar-refractivity contribution in [3.05, 3.63) is 46.5 Å². The number of benzene rings is 2. The number of hydrogen-bond acceptors (Lipinski definition) is 6. The van der Waals surface area contributed by atoms with Crippen molar-refractivity contribution >= 4 is 17.4 Å². The van der Waals surface area contributed by atoms with Crippen molar-refractivity contribution in [2.24, 2.45) is 0 Å². The van der Waals surface area contributed by atoms with Gasteiger partial charge >= 0.3 is 0 Å². The topological polar surface area (TPSA) is 70.8 Å². The average molecular weight is 321 g/mol. The molecule has 22 heavy (non-hydrogen) atoms. The highest BCUT2D eigenvalue weighted by atomic mass is 32.2. The zero-order valence-electron chi connectivity index (χ0n) is 12.4. The molecular weight excluding hydrogens is 306 g/mol. The first-order chi connectivity index (χ1) is 10.6. The van der Waals surface area contributed by atoms with Gasteiger partial charge in [-0.25, -0.2) is 0 Å². The third-order valence-electron chi connectivity index (χ3n) is 2.92. The minimum absolute atomic E-state index is 0.0641. The molecule has 0 atom stereocenters. The molecule has 0 unspecified atom stereocenters. The van der Waals surface area contributed by atoms with Crippen LogP contribution in [0.4, 0.5) is 5.69 Å². The van der Waals surface area contributed by atoms with E-state index in [-0.39, 0.29) is 5.69 Å². The molecule has 0 N–H and O–H groups in total. The first kappa shape index (κ1) is 16.0. The van der Waals surface area contributed by atoms with Crippen molar-refractivity contribution < 1.29 is 19.1 Å². The van der Waals surface area contributed by atoms with Gasteiger partial charge in [0.15, 0.2) is 11.5 Å². The highest BCUT2D eigenvalue weighted by molar-refractivity contribution is 7.99. The summed E-state index contributed by atoms with van der Waals surface area (Å²) in [4.78, 5) is 12.0. The van der Waals surface area contributed by atoms with E-state index < -0.39 is 4.92 Å². The van der Waals surface area contributed by atoms with Crippen molar-refractivity contribution in [1.82, 2.24) is 0 Å². The Morgan fingerprint density at radius 3 is 1.86 bits per heavy atom. The summed E-state index contributed by atoms with van der Waals surface area (Å²) in [7, 11) is 4.65. The zero-order chi connectivity index (χ0) is 16.1. The summed E-state index contributed by atoms with van der Waals surface area (Å²) in [5.41, 5.74) is 0.0641. The number of methoxy groups -OCH3 is 3. The van der Waals surface area contributed by atoms with Crippen LogP contribution in [0.3, 0.4) is 0 Å². The molecular formula is C15H15NO5S. The highest BCUT2D eigenvalue weighted by Gasteiger charge is 2.14. The molecule has 0 bridgehead atoms. The second-order valence-corrected chi connectivity index (χ2v) is 5.36. The largest absolute Gasteiger partial charge is 0.493 e. The number of hydrogen-bond donors (Lipinski definition) is 0. The van der Waals surface area contributed by atoms with Crippen molar-refractivity contribution in [3.63, 3.8) is 0 Å². The molecule has 6 nitrogen and oxygen atoms in total. The summed E-state index contributed by atoms with van der Waals surface area (Å²) >= 11 is 1.45. The van der Waals surface area contributed by atoms with Crippen LogP contribution < -0.4 is 14.2 Å². The molecule has 2 rings (SSSR count). The van der Waals surface area contributed by atoms with Gasteiger partial charge in [-0.05, 0) is 24.3 Å². The molecule has 0 radical (unpaired) electrons. The van der Waals surface area contributed by atoms with Crippen LogP contribution >= 0.6 is 11.8 Å². The van der Waals surface area contributed by atoms with Crippen LogP contribution in [0.15, 0.2) is 46.2 Å². The third kappa shape index (κ3) is 3.43. The Labute approximate surface area is 132 Å². The maximum Gasteiger partial charge on any atom is 0.269 e. The Morgan fingerprint density at radius 1 is 0.909 bits per heavy atom. The number of rotatable bonds is 6. The standard InChI is InChI=1S/C15H15NO5S/c1-19-13-8-12(9-14(20-2)15(13)21-3)22-11-6-4-10(5-7-11)16(17)18/h4-9H,1-3H3. The van der Waals surface area contributed by atoms with Gasteiger partial charge in [-0.2, -0.15) is 0 Å². The van der Waals surface area contributed by atoms with Gasteiger partial charge in [-0.15, -0.1) is 0 Å². The number of ether oxygens (including phenoxy) is 3. The molecule has 2 aromatic carbocycles. The molecule has 0 saturated heterocycles. The van der Waals surface area contributed by atoms with Crippen LogP contribution in [0.25, 0.3) is 0 Å². The van der Waals surface area contributed by atoms with Gasteiger partial charge in [0.1, 0.15) is 0 Å². The summed E-state index contributed by atoms with van der Waals surface area (Å²) in [5, 5.41) is 10.7. The van der Waals surface area contributed by atoms with Gasteiger partial charge in [0, 0.05) is 21.9 Å². The Morgan fingerprint density at radius 2 is 1.45 bits per heavy atom. The van der Waals surface area contributed by atoms with Crippen molar-refractivity contribution in [3.8, 4) is 17.2 Å². The van der Waals surface area contributed by atoms with Gasteiger partial charge in [0.05, 0.1) is 26.3 Å². The van der Waals surface area contributed by atoms with Gasteiger partial charge in [0.2, 0.25) is 5.75 Å². The van der Waals surface area contributed by atoms with Gasteiger partial charge in [0.25, 0.3) is 5.69 Å². The molecule has 0 aliphatic carbocycles. The fourth-order valence-corrected chi connectivity index (χ4v) is 2.76. The SMILES string of the molecule is COc1cc(Sc2ccc([N+](=O)[O-])cc2)cc(OC)c1OC. The smallest absolute Gasteiger partial charge is 0.269 e. The number of non-ortho nitro benzene ring substituents is 1. The summed E-state index contributed by atoms with van der Waals surface area (Å²) in [6, 6.07) is 10.00. The molecule has 0 aromatic heterocycles. The molecule has 0 amide bonds. The van der Waals surface area contributed by atoms with E-state index in [4.69, 9.17) is 14.2 Å². The highest BCUT2D eigenvalue weighted by Crippen LogP contribution is 2.42. The van der Waals surface area contributed by atoms with Crippen LogP contribution in [-0.2, 0) is 0 Å². The molecule has 116 valence electrons. The predicted octanol–water partition coefficient (Wildman–Crippen LogP) is 3.77. The third-order valence-corrected chi connectivity index (χ3v) is 3.90. The maximum atomic E-state index is 10.7. The Kier molecular flexibility index (Phi) is 5.11. The zero-order valence-corrected chi connectivity index (χ0v) is 13.2. The second-order valence-electron chi connectivity index (χ2n) is 4.21. The van der Waals surface area contributed by atoms with E-state index in [1.807, 2.05) is 12.1 Å². The molecule has 0 saturated carbocycles. The molecule has 0 fully saturated rings. The van der Waals surface area contributed by atoms with E-state index in [2.05, 4.69) is 0 Å². The summed E-state index contributed by atoms with van der Waals surface area (Å²) in [6.07, 6.45) is 0. The Balaban J connectivity index is 2.30. The van der Waals surface area contributed by atoms with Crippen LogP contribution in [0.1, 0.15) is 0 Å². The van der Waals surface area contributed by atoms with Crippen LogP contribution in [0, 0.1) is 10.1 Å². The van der Waals surface area contributed by atoms with Crippen molar-refractivity contribution in [2.45, 2.75) is 9.79 Å². The monoisotopic (exact) mass is 321 g/mol. The lowest BCUT2D eigenvalue weighted by Crippen LogP contribution is -1.95. The van der Waals surface area contributed by atoms with Crippen LogP contribution in [-0.4, -0.2) is 26.3 Å². The molecule has 0 aliphatic rings. The van der Waals surface area contributed by atoms with Crippen molar-refractivity contribution in [2.75, 3.05) is 21.3 Å². The molecule has 7 heteroatoms. The van der Waals surface area contributed by atoms with E-state index in [1.54, 1.807) is 33.5 Å². The minimum atomic E-state index is -0.423. The predicted molar refractivity (Wildman–Crippen MR) is 83.3 cm³/mol. The lowest BCUT2D eigenvalue weighted by Gasteiger charge is -2.13. The molecule has 0 heterocycles. The fraction of sp³-hybridized carbons (Fsp3) is 0.200. The summed E-state index contributed by atoms with van der Waals surface area (Å²) in [5.74, 6) is 1.65. The van der Waals surface area contributed by atoms with E-state index in [0.29, 0.717) is 17.2 Å². The normalized spacial score (nSPS) is 10.1. The van der Waals surface area contributed by atoms with Crippen molar-refractivity contribution in [1.29, 1.82) is 0 Å². The lowest BCUT2D eigenvalue weighted by molar-refractivity contribution is -0.384. The Hall–Kier alpha value is -2.41. The van der Waals surface area contributed by atoms with E-state index >= 15 is 0 Å². The summed E-state index contributed by atoms with van der Waals surface area (Å²) < 4.78 is 15.9. The van der Waals surface area contributed by atoms with Crippen LogP contribution in [0.2, 0.25) is 0 Å². The quantitative estimate of drug-likeness (QED) is 0.596. The fourth-order valence-electron chi connectivity index (χ4n) is 1.89. The first-order valence-corrected chi connectivity index (χ1v) is 7.13. The maximum absolute atomic E-state index is 10.7. The van der Waals surface area contributed by atoms with E-state index in [9.17, 15) is 10.1 Å². The lowest BCUT2D eigenvalue weighted by atomic mass is 10.3. The summed E-state index contributed by atoms with van der Waals surface area (Å²) in [6.45, 7) is 0. The van der Waals surface area contributed by atoms with Gasteiger partial charge in [-0.3, -0.25) is 10.1 Å². The molecule has 2 aromatic rings. The number of nitrogens with zero attached hydrogens (tertiary/aromatic N) is 1. The number of nitro groups is 1. The average Bonchev–Trinajstić information content (AvgIpc) is 2.54.